The number of hydrogen-bond donors (Lipinski definition) is 1. The molecule has 0 fully saturated rings. The number of nitrogens with zero attached hydrogens (tertiary/aromatic N) is 1. The first-order chi connectivity index (χ1) is 9.08. The average molecular weight is 278 g/mol. The molecular weight excluding hydrogens is 256 g/mol. The Balaban J connectivity index is 2.87. The monoisotopic (exact) mass is 278 g/mol. The molecule has 104 valence electrons. The van der Waals surface area contributed by atoms with Gasteiger partial charge in [-0.15, -0.1) is 0 Å². The number of hydrogen-bond acceptors (Lipinski definition) is 2. The van der Waals surface area contributed by atoms with Crippen molar-refractivity contribution < 1.29 is 4.79 Å². The zero-order valence-electron chi connectivity index (χ0n) is 11.7. The maximum absolute atomic E-state index is 12.4. The van der Waals surface area contributed by atoms with E-state index in [0.717, 1.165) is 37.1 Å². The minimum atomic E-state index is 0.0912. The number of thiocarbonyl (C=S) groups is 1. The first kappa shape index (κ1) is 15.6. The van der Waals surface area contributed by atoms with Crippen LogP contribution in [0, 0.1) is 0 Å². The largest absolute Gasteiger partial charge is 0.393 e. The molecular formula is C15H22N2OS. The lowest BCUT2D eigenvalue weighted by molar-refractivity contribution is 0.0755. The van der Waals surface area contributed by atoms with Crippen LogP contribution >= 0.6 is 12.2 Å². The second-order valence-corrected chi connectivity index (χ2v) is 5.16. The summed E-state index contributed by atoms with van der Waals surface area (Å²) in [5.74, 6) is 0.0912. The van der Waals surface area contributed by atoms with Gasteiger partial charge in [-0.25, -0.2) is 0 Å². The molecule has 1 aromatic carbocycles. The molecule has 0 bridgehead atoms. The van der Waals surface area contributed by atoms with Gasteiger partial charge in [-0.1, -0.05) is 38.2 Å². The molecule has 2 N–H and O–H groups in total. The molecule has 0 unspecified atom stereocenters. The fourth-order valence-electron chi connectivity index (χ4n) is 2.05. The third-order valence-electron chi connectivity index (χ3n) is 2.83. The Bertz CT molecular complexity index is 440. The van der Waals surface area contributed by atoms with Crippen molar-refractivity contribution in [3.05, 3.63) is 35.4 Å². The predicted molar refractivity (Wildman–Crippen MR) is 83.4 cm³/mol. The number of rotatable bonds is 7. The lowest BCUT2D eigenvalue weighted by Gasteiger charge is -2.21. The molecule has 0 aliphatic rings. The van der Waals surface area contributed by atoms with E-state index >= 15 is 0 Å². The van der Waals surface area contributed by atoms with Crippen LogP contribution in [0.4, 0.5) is 0 Å². The van der Waals surface area contributed by atoms with Crippen LogP contribution in [0.1, 0.15) is 42.6 Å². The van der Waals surface area contributed by atoms with Gasteiger partial charge >= 0.3 is 0 Å². The number of nitrogens with two attached hydrogens (primary N) is 1. The fourth-order valence-corrected chi connectivity index (χ4v) is 2.22. The van der Waals surface area contributed by atoms with Crippen LogP contribution in [-0.4, -0.2) is 28.9 Å². The van der Waals surface area contributed by atoms with Crippen LogP contribution in [0.15, 0.2) is 24.3 Å². The zero-order chi connectivity index (χ0) is 14.3. The minimum absolute atomic E-state index is 0.0912. The standard InChI is InChI=1S/C15H22N2OS/c1-3-8-17(9-4-2)15(18)13-7-5-6-12(10-13)11-14(16)19/h5-7,10H,3-4,8-9,11H2,1-2H3,(H2,16,19). The van der Waals surface area contributed by atoms with Crippen molar-refractivity contribution in [1.29, 1.82) is 0 Å². The van der Waals surface area contributed by atoms with E-state index in [1.165, 1.54) is 0 Å². The smallest absolute Gasteiger partial charge is 0.253 e. The first-order valence-corrected chi connectivity index (χ1v) is 7.15. The van der Waals surface area contributed by atoms with Gasteiger partial charge in [0, 0.05) is 25.1 Å². The molecule has 0 aromatic heterocycles. The lowest BCUT2D eigenvalue weighted by Crippen LogP contribution is -2.32. The maximum Gasteiger partial charge on any atom is 0.253 e. The molecule has 0 radical (unpaired) electrons. The van der Waals surface area contributed by atoms with Crippen molar-refractivity contribution in [3.63, 3.8) is 0 Å². The van der Waals surface area contributed by atoms with Gasteiger partial charge in [-0.05, 0) is 30.5 Å². The third kappa shape index (κ3) is 4.99. The van der Waals surface area contributed by atoms with Crippen LogP contribution in [-0.2, 0) is 6.42 Å². The Kier molecular flexibility index (Phi) is 6.50. The van der Waals surface area contributed by atoms with E-state index < -0.39 is 0 Å². The second kappa shape index (κ2) is 7.89. The summed E-state index contributed by atoms with van der Waals surface area (Å²) in [5, 5.41) is 0. The summed E-state index contributed by atoms with van der Waals surface area (Å²) in [7, 11) is 0. The molecule has 1 amide bonds. The molecule has 0 saturated carbocycles. The molecule has 0 heterocycles. The van der Waals surface area contributed by atoms with Gasteiger partial charge in [-0.2, -0.15) is 0 Å². The summed E-state index contributed by atoms with van der Waals surface area (Å²) < 4.78 is 0. The molecule has 0 atom stereocenters. The summed E-state index contributed by atoms with van der Waals surface area (Å²) in [5.41, 5.74) is 7.25. The summed E-state index contributed by atoms with van der Waals surface area (Å²) in [6.45, 7) is 5.76. The van der Waals surface area contributed by atoms with Gasteiger partial charge in [0.15, 0.2) is 0 Å². The highest BCUT2D eigenvalue weighted by atomic mass is 32.1. The number of carbonyl (C=O) groups excluding carboxylic acids is 1. The number of benzene rings is 1. The van der Waals surface area contributed by atoms with Crippen LogP contribution < -0.4 is 5.73 Å². The van der Waals surface area contributed by atoms with Gasteiger partial charge < -0.3 is 10.6 Å². The number of amides is 1. The van der Waals surface area contributed by atoms with Crippen molar-refractivity contribution in [3.8, 4) is 0 Å². The molecule has 4 heteroatoms. The quantitative estimate of drug-likeness (QED) is 0.780. The topological polar surface area (TPSA) is 46.3 Å². The van der Waals surface area contributed by atoms with E-state index in [2.05, 4.69) is 13.8 Å². The van der Waals surface area contributed by atoms with Gasteiger partial charge in [0.2, 0.25) is 0 Å². The Morgan fingerprint density at radius 3 is 2.42 bits per heavy atom. The first-order valence-electron chi connectivity index (χ1n) is 6.75. The maximum atomic E-state index is 12.4. The molecule has 3 nitrogen and oxygen atoms in total. The summed E-state index contributed by atoms with van der Waals surface area (Å²) in [6, 6.07) is 7.57. The number of carbonyl (C=O) groups is 1. The van der Waals surface area contributed by atoms with Crippen molar-refractivity contribution in [1.82, 2.24) is 4.90 Å². The van der Waals surface area contributed by atoms with Crippen molar-refractivity contribution in [2.75, 3.05) is 13.1 Å². The summed E-state index contributed by atoms with van der Waals surface area (Å²) in [4.78, 5) is 14.8. The Labute approximate surface area is 120 Å². The van der Waals surface area contributed by atoms with E-state index in [1.54, 1.807) is 0 Å². The highest BCUT2D eigenvalue weighted by Crippen LogP contribution is 2.10. The molecule has 1 rings (SSSR count). The lowest BCUT2D eigenvalue weighted by atomic mass is 10.1. The van der Waals surface area contributed by atoms with E-state index in [1.807, 2.05) is 29.2 Å². The molecule has 19 heavy (non-hydrogen) atoms. The van der Waals surface area contributed by atoms with Crippen LogP contribution in [0.5, 0.6) is 0 Å². The Morgan fingerprint density at radius 2 is 1.89 bits per heavy atom. The second-order valence-electron chi connectivity index (χ2n) is 4.64. The predicted octanol–water partition coefficient (Wildman–Crippen LogP) is 2.78. The van der Waals surface area contributed by atoms with Gasteiger partial charge in [0.1, 0.15) is 0 Å². The van der Waals surface area contributed by atoms with Crippen LogP contribution in [0.25, 0.3) is 0 Å². The highest BCUT2D eigenvalue weighted by Gasteiger charge is 2.14. The van der Waals surface area contributed by atoms with E-state index in [9.17, 15) is 4.79 Å². The van der Waals surface area contributed by atoms with Gasteiger partial charge in [-0.3, -0.25) is 4.79 Å². The van der Waals surface area contributed by atoms with Crippen LogP contribution in [0.3, 0.4) is 0 Å². The van der Waals surface area contributed by atoms with Crippen molar-refractivity contribution >= 4 is 23.1 Å². The van der Waals surface area contributed by atoms with Gasteiger partial charge in [0.05, 0.1) is 4.99 Å². The van der Waals surface area contributed by atoms with E-state index in [-0.39, 0.29) is 5.91 Å². The Hall–Kier alpha value is -1.42. The molecule has 1 aromatic rings. The highest BCUT2D eigenvalue weighted by molar-refractivity contribution is 7.80. The van der Waals surface area contributed by atoms with E-state index in [4.69, 9.17) is 18.0 Å². The normalized spacial score (nSPS) is 10.2. The fraction of sp³-hybridized carbons (Fsp3) is 0.467. The van der Waals surface area contributed by atoms with Crippen molar-refractivity contribution in [2.45, 2.75) is 33.1 Å². The summed E-state index contributed by atoms with van der Waals surface area (Å²) in [6.07, 6.45) is 2.48. The minimum Gasteiger partial charge on any atom is -0.393 e. The molecule has 0 spiro atoms. The van der Waals surface area contributed by atoms with E-state index in [0.29, 0.717) is 11.4 Å². The molecule has 0 aliphatic carbocycles. The molecule has 0 saturated heterocycles. The van der Waals surface area contributed by atoms with Crippen molar-refractivity contribution in [2.24, 2.45) is 5.73 Å². The zero-order valence-corrected chi connectivity index (χ0v) is 12.5. The third-order valence-corrected chi connectivity index (χ3v) is 2.97. The van der Waals surface area contributed by atoms with Crippen LogP contribution in [0.2, 0.25) is 0 Å². The molecule has 0 aliphatic heterocycles. The summed E-state index contributed by atoms with van der Waals surface area (Å²) >= 11 is 4.90. The SMILES string of the molecule is CCCN(CCC)C(=O)c1cccc(CC(N)=S)c1. The average Bonchev–Trinajstić information content (AvgIpc) is 2.37. The Morgan fingerprint density at radius 1 is 1.26 bits per heavy atom. The van der Waals surface area contributed by atoms with Gasteiger partial charge in [0.25, 0.3) is 5.91 Å².